The van der Waals surface area contributed by atoms with Gasteiger partial charge in [-0.3, -0.25) is 18.6 Å². The maximum Gasteiger partial charge on any atom is 0.472 e. The minimum atomic E-state index is -4.38. The van der Waals surface area contributed by atoms with E-state index in [-0.39, 0.29) is 26.1 Å². The molecule has 0 bridgehead atoms. The van der Waals surface area contributed by atoms with Crippen LogP contribution < -0.4 is 5.32 Å². The number of carbonyl (C=O) groups is 2. The maximum absolute atomic E-state index is 12.7. The summed E-state index contributed by atoms with van der Waals surface area (Å²) in [6.45, 7) is 12.7. The van der Waals surface area contributed by atoms with Gasteiger partial charge in [0.2, 0.25) is 0 Å². The third-order valence-electron chi connectivity index (χ3n) is 11.1. The van der Waals surface area contributed by atoms with Gasteiger partial charge in [0.15, 0.2) is 6.10 Å². The molecule has 2 heterocycles. The molecule has 334 valence electrons. The lowest BCUT2D eigenvalue weighted by atomic mass is 10.0. The van der Waals surface area contributed by atoms with Crippen LogP contribution >= 0.6 is 7.82 Å². The lowest BCUT2D eigenvalue weighted by Crippen LogP contribution is -2.29. The number of ether oxygens (including phenoxy) is 2. The number of phosphoric ester groups is 1. The van der Waals surface area contributed by atoms with E-state index in [0.29, 0.717) is 19.4 Å². The third kappa shape index (κ3) is 21.7. The number of unbranched alkanes of at least 4 members (excludes halogenated alkanes) is 14. The van der Waals surface area contributed by atoms with Crippen LogP contribution in [-0.2, 0) is 58.4 Å². The van der Waals surface area contributed by atoms with Crippen molar-refractivity contribution in [2.24, 2.45) is 0 Å². The predicted octanol–water partition coefficient (Wildman–Crippen LogP) is 11.6. The lowest BCUT2D eigenvalue weighted by molar-refractivity contribution is -0.161. The molecule has 58 heavy (non-hydrogen) atoms. The predicted molar refractivity (Wildman–Crippen MR) is 231 cm³/mol. The van der Waals surface area contributed by atoms with Crippen molar-refractivity contribution in [2.45, 2.75) is 202 Å². The number of furan rings is 2. The van der Waals surface area contributed by atoms with Crippen molar-refractivity contribution in [3.05, 3.63) is 45.3 Å². The minimum Gasteiger partial charge on any atom is -0.466 e. The Balaban J connectivity index is 1.63. The molecule has 0 aliphatic heterocycles. The van der Waals surface area contributed by atoms with Crippen LogP contribution in [0.1, 0.15) is 188 Å². The fourth-order valence-corrected chi connectivity index (χ4v) is 7.88. The SMILES string of the molecule is CCCCCc1oc(CCCCCCCCC(=O)OC[C@H](COP(=O)(O)OCCNC)OC(=O)CCCCCCCCCCc2oc(CCC)c(C)c2C)c(C)c1C. The number of hydrogen-bond acceptors (Lipinski definition) is 10. The average Bonchev–Trinajstić information content (AvgIpc) is 3.62. The van der Waals surface area contributed by atoms with Crippen molar-refractivity contribution < 1.29 is 46.4 Å². The van der Waals surface area contributed by atoms with Crippen LogP contribution in [0.2, 0.25) is 0 Å². The summed E-state index contributed by atoms with van der Waals surface area (Å²) in [5, 5.41) is 2.82. The first-order chi connectivity index (χ1) is 27.9. The zero-order chi connectivity index (χ0) is 42.6. The first-order valence-electron chi connectivity index (χ1n) is 22.7. The number of phosphoric acid groups is 1. The van der Waals surface area contributed by atoms with Crippen molar-refractivity contribution >= 4 is 19.8 Å². The molecule has 1 unspecified atom stereocenters. The van der Waals surface area contributed by atoms with Gasteiger partial charge < -0.3 is 28.5 Å². The zero-order valence-electron chi connectivity index (χ0n) is 37.4. The van der Waals surface area contributed by atoms with Gasteiger partial charge in [-0.2, -0.15) is 0 Å². The minimum absolute atomic E-state index is 0.0304. The molecule has 12 heteroatoms. The summed E-state index contributed by atoms with van der Waals surface area (Å²) in [6, 6.07) is 0. The highest BCUT2D eigenvalue weighted by Gasteiger charge is 2.26. The van der Waals surface area contributed by atoms with Crippen molar-refractivity contribution in [3.8, 4) is 0 Å². The molecule has 2 N–H and O–H groups in total. The van der Waals surface area contributed by atoms with Gasteiger partial charge in [-0.1, -0.05) is 90.9 Å². The van der Waals surface area contributed by atoms with Crippen LogP contribution in [-0.4, -0.2) is 56.3 Å². The summed E-state index contributed by atoms with van der Waals surface area (Å²) >= 11 is 0. The van der Waals surface area contributed by atoms with Gasteiger partial charge in [0.05, 0.1) is 13.2 Å². The van der Waals surface area contributed by atoms with Crippen LogP contribution in [0.3, 0.4) is 0 Å². The Morgan fingerprint density at radius 2 is 1.02 bits per heavy atom. The standard InChI is InChI=1S/C46H80NO10P/c1-8-10-21-27-42-38(5)39(6)44(57-42)29-23-18-15-16-19-24-30-45(48)52-34-40(35-54-58(50,51)53-33-32-47-7)55-46(49)31-25-20-14-12-11-13-17-22-28-43-37(4)36(3)41(56-43)26-9-2/h40,47H,8-35H2,1-7H3,(H,50,51)/t40-/m1/s1. The highest BCUT2D eigenvalue weighted by molar-refractivity contribution is 7.47. The molecule has 0 amide bonds. The van der Waals surface area contributed by atoms with Crippen LogP contribution in [0.5, 0.6) is 0 Å². The fourth-order valence-electron chi connectivity index (χ4n) is 7.13. The van der Waals surface area contributed by atoms with E-state index in [1.54, 1.807) is 7.05 Å². The average molecular weight is 838 g/mol. The summed E-state index contributed by atoms with van der Waals surface area (Å²) < 4.78 is 45.7. The van der Waals surface area contributed by atoms with Gasteiger partial charge in [-0.05, 0) is 95.5 Å². The van der Waals surface area contributed by atoms with Crippen molar-refractivity contribution in [1.29, 1.82) is 0 Å². The Bertz CT molecular complexity index is 1470. The second-order valence-electron chi connectivity index (χ2n) is 16.0. The van der Waals surface area contributed by atoms with E-state index in [1.807, 2.05) is 0 Å². The zero-order valence-corrected chi connectivity index (χ0v) is 38.3. The Hall–Kier alpha value is -2.43. The summed E-state index contributed by atoms with van der Waals surface area (Å²) in [6.07, 6.45) is 22.5. The van der Waals surface area contributed by atoms with Crippen molar-refractivity contribution in [1.82, 2.24) is 5.32 Å². The topological polar surface area (TPSA) is 147 Å². The van der Waals surface area contributed by atoms with E-state index in [9.17, 15) is 19.0 Å². The summed E-state index contributed by atoms with van der Waals surface area (Å²) in [5.74, 6) is 3.72. The molecule has 0 saturated carbocycles. The van der Waals surface area contributed by atoms with Crippen molar-refractivity contribution in [2.75, 3.05) is 33.4 Å². The van der Waals surface area contributed by atoms with Crippen LogP contribution in [0.4, 0.5) is 0 Å². The highest BCUT2D eigenvalue weighted by Crippen LogP contribution is 2.43. The molecular formula is C46H80NO10P. The summed E-state index contributed by atoms with van der Waals surface area (Å²) in [4.78, 5) is 35.3. The van der Waals surface area contributed by atoms with Gasteiger partial charge in [0, 0.05) is 45.1 Å². The first-order valence-corrected chi connectivity index (χ1v) is 24.2. The third-order valence-corrected chi connectivity index (χ3v) is 12.1. The van der Waals surface area contributed by atoms with Gasteiger partial charge >= 0.3 is 19.8 Å². The monoisotopic (exact) mass is 838 g/mol. The van der Waals surface area contributed by atoms with Gasteiger partial charge in [0.1, 0.15) is 29.6 Å². The number of carbonyl (C=O) groups excluding carboxylic acids is 2. The lowest BCUT2D eigenvalue weighted by Gasteiger charge is -2.20. The number of hydrogen-bond donors (Lipinski definition) is 2. The molecule has 0 aliphatic rings. The summed E-state index contributed by atoms with van der Waals surface area (Å²) in [5.41, 5.74) is 5.23. The van der Waals surface area contributed by atoms with E-state index in [4.69, 9.17) is 27.4 Å². The van der Waals surface area contributed by atoms with E-state index in [1.165, 1.54) is 54.4 Å². The molecule has 0 radical (unpaired) electrons. The number of aryl methyl sites for hydroxylation is 4. The fraction of sp³-hybridized carbons (Fsp3) is 0.783. The molecule has 0 aromatic carbocycles. The van der Waals surface area contributed by atoms with Crippen LogP contribution in [0.25, 0.3) is 0 Å². The van der Waals surface area contributed by atoms with Gasteiger partial charge in [-0.15, -0.1) is 0 Å². The Labute approximate surface area is 351 Å². The molecule has 0 fully saturated rings. The van der Waals surface area contributed by atoms with E-state index >= 15 is 0 Å². The molecular weight excluding hydrogens is 757 g/mol. The molecule has 11 nitrogen and oxygen atoms in total. The van der Waals surface area contributed by atoms with Gasteiger partial charge in [0.25, 0.3) is 0 Å². The largest absolute Gasteiger partial charge is 0.472 e. The number of rotatable bonds is 36. The number of nitrogens with one attached hydrogen (secondary N) is 1. The molecule has 2 aromatic rings. The van der Waals surface area contributed by atoms with E-state index in [2.05, 4.69) is 46.9 Å². The molecule has 0 aliphatic carbocycles. The first kappa shape index (κ1) is 51.7. The van der Waals surface area contributed by atoms with Crippen molar-refractivity contribution in [3.63, 3.8) is 0 Å². The number of esters is 2. The highest BCUT2D eigenvalue weighted by atomic mass is 31.2. The van der Waals surface area contributed by atoms with Gasteiger partial charge in [-0.25, -0.2) is 4.57 Å². The second-order valence-corrected chi connectivity index (χ2v) is 17.5. The normalized spacial score (nSPS) is 13.2. The molecule has 2 rings (SSSR count). The smallest absolute Gasteiger partial charge is 0.466 e. The Morgan fingerprint density at radius 3 is 1.48 bits per heavy atom. The maximum atomic E-state index is 12.7. The quantitative estimate of drug-likeness (QED) is 0.0384. The van der Waals surface area contributed by atoms with Crippen LogP contribution in [0, 0.1) is 27.7 Å². The molecule has 0 spiro atoms. The molecule has 2 atom stereocenters. The Morgan fingerprint density at radius 1 is 0.586 bits per heavy atom. The molecule has 0 saturated heterocycles. The Kier molecular flexibility index (Phi) is 27.3. The van der Waals surface area contributed by atoms with E-state index < -0.39 is 32.5 Å². The second kappa shape index (κ2) is 30.6. The molecule has 2 aromatic heterocycles. The number of likely N-dealkylation sites (N-methyl/N-ethyl adjacent to an activating group) is 1. The van der Waals surface area contributed by atoms with Crippen LogP contribution in [0.15, 0.2) is 8.83 Å². The van der Waals surface area contributed by atoms with E-state index in [0.717, 1.165) is 119 Å². The summed E-state index contributed by atoms with van der Waals surface area (Å²) in [7, 11) is -2.68.